The Morgan fingerprint density at radius 3 is 2.37 bits per heavy atom. The van der Waals surface area contributed by atoms with Crippen LogP contribution in [0, 0.1) is 12.7 Å². The Balaban J connectivity index is 2.16. The highest BCUT2D eigenvalue weighted by molar-refractivity contribution is 7.90. The number of aryl methyl sites for hydroxylation is 1. The van der Waals surface area contributed by atoms with E-state index in [0.29, 0.717) is 0 Å². The molecule has 0 aliphatic rings. The first-order valence-electron chi connectivity index (χ1n) is 8.37. The van der Waals surface area contributed by atoms with Gasteiger partial charge in [-0.05, 0) is 36.2 Å². The minimum Gasteiger partial charge on any atom is -0.405 e. The molecule has 0 fully saturated rings. The van der Waals surface area contributed by atoms with E-state index >= 15 is 0 Å². The molecule has 160 valence electrons. The maximum Gasteiger partial charge on any atom is 0.573 e. The maximum atomic E-state index is 14.4. The Morgan fingerprint density at radius 2 is 1.80 bits per heavy atom. The fourth-order valence-corrected chi connectivity index (χ4v) is 3.59. The van der Waals surface area contributed by atoms with Gasteiger partial charge in [0.1, 0.15) is 28.8 Å². The summed E-state index contributed by atoms with van der Waals surface area (Å²) in [5, 5.41) is 13.3. The van der Waals surface area contributed by atoms with Gasteiger partial charge in [-0.2, -0.15) is 0 Å². The lowest BCUT2D eigenvalue weighted by Crippen LogP contribution is -2.17. The Hall–Kier alpha value is -2.92. The lowest BCUT2D eigenvalue weighted by atomic mass is 9.98. The van der Waals surface area contributed by atoms with Crippen LogP contribution in [0.25, 0.3) is 22.4 Å². The van der Waals surface area contributed by atoms with Gasteiger partial charge in [0.05, 0.1) is 5.56 Å². The number of aliphatic hydroxyl groups is 1. The molecular weight excluding hydrogens is 430 g/mol. The number of hydrogen-bond donors (Lipinski definition) is 1. The molecule has 0 bridgehead atoms. The van der Waals surface area contributed by atoms with Crippen molar-refractivity contribution >= 4 is 9.84 Å². The van der Waals surface area contributed by atoms with Crippen LogP contribution < -0.4 is 4.74 Å². The molecule has 0 spiro atoms. The second-order valence-corrected chi connectivity index (χ2v) is 8.42. The molecule has 0 radical (unpaired) electrons. The van der Waals surface area contributed by atoms with Gasteiger partial charge in [0.2, 0.25) is 0 Å². The summed E-state index contributed by atoms with van der Waals surface area (Å²) in [5.74, 6) is -1.57. The summed E-state index contributed by atoms with van der Waals surface area (Å²) in [6, 6.07) is 7.18. The third-order valence-corrected chi connectivity index (χ3v) is 5.34. The van der Waals surface area contributed by atoms with Crippen molar-refractivity contribution in [3.05, 3.63) is 53.5 Å². The molecule has 0 atom stereocenters. The van der Waals surface area contributed by atoms with Gasteiger partial charge in [0.15, 0.2) is 15.6 Å². The Bertz CT molecular complexity index is 1200. The van der Waals surface area contributed by atoms with Gasteiger partial charge < -0.3 is 14.4 Å². The van der Waals surface area contributed by atoms with Crippen LogP contribution in [0.2, 0.25) is 0 Å². The highest BCUT2D eigenvalue weighted by Gasteiger charge is 2.32. The molecule has 0 saturated heterocycles. The highest BCUT2D eigenvalue weighted by atomic mass is 32.2. The number of alkyl halides is 3. The first kappa shape index (κ1) is 21.8. The van der Waals surface area contributed by atoms with Crippen LogP contribution in [0.3, 0.4) is 0 Å². The summed E-state index contributed by atoms with van der Waals surface area (Å²) >= 11 is 0. The molecule has 6 nitrogen and oxygen atoms in total. The standard InChI is InChI=1S/C19H15F4NO5S/c1-10-3-4-12(8-14(10)28-19(21,22)23)18-17(15(9-25)29-24-18)11-5-6-16(13(20)7-11)30(2,26)27/h3-8,25H,9H2,1-2H3. The summed E-state index contributed by atoms with van der Waals surface area (Å²) in [4.78, 5) is -0.522. The van der Waals surface area contributed by atoms with Crippen molar-refractivity contribution in [1.82, 2.24) is 5.16 Å². The molecule has 1 heterocycles. The maximum absolute atomic E-state index is 14.4. The zero-order chi connectivity index (χ0) is 22.3. The van der Waals surface area contributed by atoms with Gasteiger partial charge in [-0.15, -0.1) is 13.2 Å². The second-order valence-electron chi connectivity index (χ2n) is 6.43. The Morgan fingerprint density at radius 1 is 1.13 bits per heavy atom. The third kappa shape index (κ3) is 4.46. The average molecular weight is 445 g/mol. The van der Waals surface area contributed by atoms with E-state index in [2.05, 4.69) is 9.89 Å². The number of ether oxygens (including phenoxy) is 1. The van der Waals surface area contributed by atoms with Gasteiger partial charge in [-0.3, -0.25) is 0 Å². The topological polar surface area (TPSA) is 89.6 Å². The van der Waals surface area contributed by atoms with E-state index in [-0.39, 0.29) is 33.7 Å². The number of hydrogen-bond acceptors (Lipinski definition) is 6. The first-order valence-corrected chi connectivity index (χ1v) is 10.3. The number of halogens is 4. The van der Waals surface area contributed by atoms with Gasteiger partial charge in [0.25, 0.3) is 0 Å². The molecule has 2 aromatic carbocycles. The average Bonchev–Trinajstić information content (AvgIpc) is 3.05. The first-order chi connectivity index (χ1) is 13.9. The molecule has 3 rings (SSSR count). The fourth-order valence-electron chi connectivity index (χ4n) is 2.87. The quantitative estimate of drug-likeness (QED) is 0.591. The van der Waals surface area contributed by atoms with E-state index in [1.165, 1.54) is 25.1 Å². The number of aromatic nitrogens is 1. The Kier molecular flexibility index (Phi) is 5.61. The normalized spacial score (nSPS) is 12.2. The molecule has 30 heavy (non-hydrogen) atoms. The molecule has 0 amide bonds. The molecule has 1 aromatic heterocycles. The van der Waals surface area contributed by atoms with Crippen molar-refractivity contribution in [2.75, 3.05) is 6.26 Å². The van der Waals surface area contributed by atoms with E-state index in [4.69, 9.17) is 4.52 Å². The Labute approximate surface area is 168 Å². The largest absolute Gasteiger partial charge is 0.573 e. The van der Waals surface area contributed by atoms with E-state index in [9.17, 15) is 31.1 Å². The van der Waals surface area contributed by atoms with E-state index in [0.717, 1.165) is 24.5 Å². The van der Waals surface area contributed by atoms with Crippen molar-refractivity contribution in [3.8, 4) is 28.1 Å². The van der Waals surface area contributed by atoms with Crippen molar-refractivity contribution in [3.63, 3.8) is 0 Å². The summed E-state index contributed by atoms with van der Waals surface area (Å²) in [7, 11) is -3.81. The molecule has 11 heteroatoms. The molecule has 1 N–H and O–H groups in total. The highest BCUT2D eigenvalue weighted by Crippen LogP contribution is 2.38. The predicted octanol–water partition coefficient (Wildman–Crippen LogP) is 4.25. The molecule has 0 aliphatic carbocycles. The number of aliphatic hydroxyl groups excluding tert-OH is 1. The molecule has 3 aromatic rings. The van der Waals surface area contributed by atoms with Gasteiger partial charge >= 0.3 is 6.36 Å². The van der Waals surface area contributed by atoms with Crippen LogP contribution >= 0.6 is 0 Å². The van der Waals surface area contributed by atoms with Crippen LogP contribution in [0.15, 0.2) is 45.8 Å². The number of benzene rings is 2. The summed E-state index contributed by atoms with van der Waals surface area (Å²) in [5.41, 5.74) is 0.632. The molecule has 0 aliphatic heterocycles. The van der Waals surface area contributed by atoms with Crippen LogP contribution in [-0.2, 0) is 16.4 Å². The van der Waals surface area contributed by atoms with Crippen LogP contribution in [0.5, 0.6) is 5.75 Å². The van der Waals surface area contributed by atoms with Crippen molar-refractivity contribution in [1.29, 1.82) is 0 Å². The summed E-state index contributed by atoms with van der Waals surface area (Å²) in [6.45, 7) is 0.794. The van der Waals surface area contributed by atoms with Crippen LogP contribution in [-0.4, -0.2) is 31.3 Å². The van der Waals surface area contributed by atoms with Crippen molar-refractivity contribution < 1.29 is 40.3 Å². The fraction of sp³-hybridized carbons (Fsp3) is 0.211. The minimum atomic E-state index is -4.91. The number of rotatable bonds is 5. The van der Waals surface area contributed by atoms with E-state index in [1.807, 2.05) is 0 Å². The smallest absolute Gasteiger partial charge is 0.405 e. The SMILES string of the molecule is Cc1ccc(-c2noc(CO)c2-c2ccc(S(C)(=O)=O)c(F)c2)cc1OC(F)(F)F. The molecule has 0 saturated carbocycles. The summed E-state index contributed by atoms with van der Waals surface area (Å²) in [6.07, 6.45) is -4.06. The second kappa shape index (κ2) is 7.73. The summed E-state index contributed by atoms with van der Waals surface area (Å²) < 4.78 is 84.7. The predicted molar refractivity (Wildman–Crippen MR) is 97.8 cm³/mol. The van der Waals surface area contributed by atoms with Crippen LogP contribution in [0.4, 0.5) is 17.6 Å². The lowest BCUT2D eigenvalue weighted by Gasteiger charge is -2.13. The van der Waals surface area contributed by atoms with Gasteiger partial charge in [-0.25, -0.2) is 12.8 Å². The number of sulfone groups is 1. The zero-order valence-electron chi connectivity index (χ0n) is 15.6. The van der Waals surface area contributed by atoms with Crippen molar-refractivity contribution in [2.45, 2.75) is 24.8 Å². The van der Waals surface area contributed by atoms with E-state index < -0.39 is 39.3 Å². The third-order valence-electron chi connectivity index (χ3n) is 4.21. The zero-order valence-corrected chi connectivity index (χ0v) is 16.4. The monoisotopic (exact) mass is 445 g/mol. The molecular formula is C19H15F4NO5S. The minimum absolute atomic E-state index is 0.0255. The van der Waals surface area contributed by atoms with Gasteiger partial charge in [0, 0.05) is 11.8 Å². The van der Waals surface area contributed by atoms with Crippen LogP contribution in [0.1, 0.15) is 11.3 Å². The van der Waals surface area contributed by atoms with Gasteiger partial charge in [-0.1, -0.05) is 23.4 Å². The lowest BCUT2D eigenvalue weighted by molar-refractivity contribution is -0.274. The van der Waals surface area contributed by atoms with E-state index in [1.54, 1.807) is 0 Å². The van der Waals surface area contributed by atoms with Crippen molar-refractivity contribution in [2.24, 2.45) is 0 Å². The number of nitrogens with zero attached hydrogens (tertiary/aromatic N) is 1. The molecule has 0 unspecified atom stereocenters.